The van der Waals surface area contributed by atoms with E-state index in [0.29, 0.717) is 0 Å². The summed E-state index contributed by atoms with van der Waals surface area (Å²) in [4.78, 5) is 17.0. The van der Waals surface area contributed by atoms with Gasteiger partial charge in [-0.3, -0.25) is 9.48 Å². The molecule has 0 amide bonds. The standard InChI is InChI=1S/C18H18N6.CH2O2/c1-22-13-15(12-21-22)6-9-23-11-8-20-18(23)16-2-4-17(5-3-16)24-10-7-19-14-24;2-1-3/h2-5,7-8,10-14H,6,9H2,1H3;1H,(H,2,3). The minimum Gasteiger partial charge on any atom is -0.483 e. The van der Waals surface area contributed by atoms with Crippen molar-refractivity contribution in [2.24, 2.45) is 7.05 Å². The van der Waals surface area contributed by atoms with Crippen LogP contribution in [0.4, 0.5) is 0 Å². The van der Waals surface area contributed by atoms with Gasteiger partial charge in [-0.2, -0.15) is 5.10 Å². The highest BCUT2D eigenvalue weighted by Crippen LogP contribution is 2.20. The molecular formula is C19H20N6O2. The van der Waals surface area contributed by atoms with E-state index < -0.39 is 0 Å². The smallest absolute Gasteiger partial charge is 0.290 e. The Balaban J connectivity index is 0.000000659. The molecule has 0 radical (unpaired) electrons. The maximum atomic E-state index is 8.36. The Kier molecular flexibility index (Phi) is 5.78. The van der Waals surface area contributed by atoms with E-state index in [1.807, 2.05) is 41.1 Å². The molecule has 0 unspecified atom stereocenters. The third-order valence-corrected chi connectivity index (χ3v) is 4.04. The second-order valence-electron chi connectivity index (χ2n) is 5.84. The van der Waals surface area contributed by atoms with E-state index in [0.717, 1.165) is 30.0 Å². The van der Waals surface area contributed by atoms with Crippen molar-refractivity contribution in [2.75, 3.05) is 0 Å². The molecule has 3 heterocycles. The van der Waals surface area contributed by atoms with Crippen molar-refractivity contribution >= 4 is 6.47 Å². The average molecular weight is 364 g/mol. The van der Waals surface area contributed by atoms with Gasteiger partial charge >= 0.3 is 0 Å². The summed E-state index contributed by atoms with van der Waals surface area (Å²) in [5.74, 6) is 0.982. The fraction of sp³-hybridized carbons (Fsp3) is 0.158. The van der Waals surface area contributed by atoms with Crippen LogP contribution in [0.1, 0.15) is 5.56 Å². The van der Waals surface area contributed by atoms with E-state index in [1.54, 1.807) is 12.5 Å². The van der Waals surface area contributed by atoms with E-state index in [9.17, 15) is 0 Å². The van der Waals surface area contributed by atoms with Crippen LogP contribution in [0.15, 0.2) is 67.8 Å². The molecule has 8 heteroatoms. The Morgan fingerprint density at radius 1 is 1.15 bits per heavy atom. The Bertz CT molecular complexity index is 970. The van der Waals surface area contributed by atoms with Crippen LogP contribution in [0.5, 0.6) is 0 Å². The predicted molar refractivity (Wildman–Crippen MR) is 100 cm³/mol. The normalized spacial score (nSPS) is 10.3. The lowest BCUT2D eigenvalue weighted by molar-refractivity contribution is -0.122. The van der Waals surface area contributed by atoms with E-state index in [4.69, 9.17) is 9.90 Å². The molecular weight excluding hydrogens is 344 g/mol. The van der Waals surface area contributed by atoms with Crippen LogP contribution in [0.3, 0.4) is 0 Å². The monoisotopic (exact) mass is 364 g/mol. The highest BCUT2D eigenvalue weighted by molar-refractivity contribution is 5.57. The van der Waals surface area contributed by atoms with E-state index in [2.05, 4.69) is 50.1 Å². The molecule has 0 saturated carbocycles. The van der Waals surface area contributed by atoms with Gasteiger partial charge in [-0.05, 0) is 36.2 Å². The minimum absolute atomic E-state index is 0.250. The van der Waals surface area contributed by atoms with Crippen LogP contribution >= 0.6 is 0 Å². The van der Waals surface area contributed by atoms with Crippen LogP contribution in [0.2, 0.25) is 0 Å². The van der Waals surface area contributed by atoms with Crippen molar-refractivity contribution in [3.63, 3.8) is 0 Å². The van der Waals surface area contributed by atoms with Crippen LogP contribution in [0, 0.1) is 0 Å². The first-order valence-electron chi connectivity index (χ1n) is 8.36. The number of benzene rings is 1. The molecule has 27 heavy (non-hydrogen) atoms. The zero-order chi connectivity index (χ0) is 19.1. The fourth-order valence-electron chi connectivity index (χ4n) is 2.79. The molecule has 4 aromatic rings. The minimum atomic E-state index is -0.250. The number of rotatable bonds is 5. The Hall–Kier alpha value is -3.68. The average Bonchev–Trinajstić information content (AvgIpc) is 3.43. The number of aryl methyl sites for hydroxylation is 3. The number of carbonyl (C=O) groups is 1. The van der Waals surface area contributed by atoms with Gasteiger partial charge in [-0.15, -0.1) is 0 Å². The molecule has 0 aliphatic carbocycles. The van der Waals surface area contributed by atoms with Gasteiger partial charge in [0.05, 0.1) is 12.5 Å². The maximum absolute atomic E-state index is 8.36. The van der Waals surface area contributed by atoms with Crippen molar-refractivity contribution in [3.8, 4) is 17.1 Å². The molecule has 0 aliphatic heterocycles. The van der Waals surface area contributed by atoms with Gasteiger partial charge in [-0.25, -0.2) is 9.97 Å². The highest BCUT2D eigenvalue weighted by Gasteiger charge is 2.07. The van der Waals surface area contributed by atoms with Gasteiger partial charge in [0, 0.05) is 55.8 Å². The van der Waals surface area contributed by atoms with Gasteiger partial charge in [0.1, 0.15) is 5.82 Å². The summed E-state index contributed by atoms with van der Waals surface area (Å²) in [5.41, 5.74) is 3.42. The second kappa shape index (κ2) is 8.61. The highest BCUT2D eigenvalue weighted by atomic mass is 16.3. The molecule has 138 valence electrons. The third kappa shape index (κ3) is 4.49. The summed E-state index contributed by atoms with van der Waals surface area (Å²) in [6.07, 6.45) is 14.3. The molecule has 3 aromatic heterocycles. The van der Waals surface area contributed by atoms with Crippen molar-refractivity contribution in [2.45, 2.75) is 13.0 Å². The van der Waals surface area contributed by atoms with Gasteiger partial charge in [0.2, 0.25) is 0 Å². The van der Waals surface area contributed by atoms with Crippen molar-refractivity contribution in [1.82, 2.24) is 28.9 Å². The zero-order valence-electron chi connectivity index (χ0n) is 14.9. The first-order valence-corrected chi connectivity index (χ1v) is 8.36. The van der Waals surface area contributed by atoms with Crippen molar-refractivity contribution < 1.29 is 9.90 Å². The van der Waals surface area contributed by atoms with Crippen LogP contribution < -0.4 is 0 Å². The fourth-order valence-corrected chi connectivity index (χ4v) is 2.79. The second-order valence-corrected chi connectivity index (χ2v) is 5.84. The number of aromatic nitrogens is 6. The first-order chi connectivity index (χ1) is 13.2. The maximum Gasteiger partial charge on any atom is 0.290 e. The van der Waals surface area contributed by atoms with Crippen molar-refractivity contribution in [1.29, 1.82) is 0 Å². The van der Waals surface area contributed by atoms with Crippen LogP contribution in [-0.2, 0) is 24.8 Å². The summed E-state index contributed by atoms with van der Waals surface area (Å²) in [6, 6.07) is 8.35. The molecule has 0 atom stereocenters. The summed E-state index contributed by atoms with van der Waals surface area (Å²) in [7, 11) is 1.94. The first kappa shape index (κ1) is 18.1. The quantitative estimate of drug-likeness (QED) is 0.549. The molecule has 0 fully saturated rings. The summed E-state index contributed by atoms with van der Waals surface area (Å²) < 4.78 is 6.00. The van der Waals surface area contributed by atoms with E-state index in [1.165, 1.54) is 5.56 Å². The molecule has 0 aliphatic rings. The molecule has 0 bridgehead atoms. The van der Waals surface area contributed by atoms with Gasteiger partial charge in [0.15, 0.2) is 0 Å². The lowest BCUT2D eigenvalue weighted by Gasteiger charge is -2.08. The van der Waals surface area contributed by atoms with Gasteiger partial charge < -0.3 is 14.2 Å². The predicted octanol–water partition coefficient (Wildman–Crippen LogP) is 2.41. The molecule has 0 spiro atoms. The molecule has 4 rings (SSSR count). The third-order valence-electron chi connectivity index (χ3n) is 4.04. The van der Waals surface area contributed by atoms with Gasteiger partial charge in [-0.1, -0.05) is 0 Å². The van der Waals surface area contributed by atoms with Crippen LogP contribution in [0.25, 0.3) is 17.1 Å². The van der Waals surface area contributed by atoms with E-state index in [-0.39, 0.29) is 6.47 Å². The number of imidazole rings is 2. The summed E-state index contributed by atoms with van der Waals surface area (Å²) in [6.45, 7) is 0.629. The Morgan fingerprint density at radius 2 is 1.93 bits per heavy atom. The zero-order valence-corrected chi connectivity index (χ0v) is 14.9. The lowest BCUT2D eigenvalue weighted by Crippen LogP contribution is -2.02. The Labute approximate surface area is 156 Å². The summed E-state index contributed by atoms with van der Waals surface area (Å²) in [5, 5.41) is 11.1. The largest absolute Gasteiger partial charge is 0.483 e. The SMILES string of the molecule is Cn1cc(CCn2ccnc2-c2ccc(-n3ccnc3)cc2)cn1.O=CO. The van der Waals surface area contributed by atoms with Gasteiger partial charge in [0.25, 0.3) is 6.47 Å². The molecule has 0 saturated heterocycles. The topological polar surface area (TPSA) is 90.8 Å². The number of hydrogen-bond acceptors (Lipinski definition) is 4. The molecule has 8 nitrogen and oxygen atoms in total. The Morgan fingerprint density at radius 3 is 2.56 bits per heavy atom. The molecule has 1 N–H and O–H groups in total. The van der Waals surface area contributed by atoms with Crippen LogP contribution in [-0.4, -0.2) is 40.5 Å². The number of hydrogen-bond donors (Lipinski definition) is 1. The number of carboxylic acid groups (broad SMARTS) is 1. The lowest BCUT2D eigenvalue weighted by atomic mass is 10.2. The van der Waals surface area contributed by atoms with Crippen molar-refractivity contribution in [3.05, 3.63) is 73.3 Å². The number of nitrogens with zero attached hydrogens (tertiary/aromatic N) is 6. The van der Waals surface area contributed by atoms with E-state index >= 15 is 0 Å². The molecule has 1 aromatic carbocycles. The summed E-state index contributed by atoms with van der Waals surface area (Å²) >= 11 is 0.